The Morgan fingerprint density at radius 1 is 1.12 bits per heavy atom. The second-order valence-corrected chi connectivity index (χ2v) is 8.68. The molecule has 1 fully saturated rings. The Balaban J connectivity index is 0.00000243. The summed E-state index contributed by atoms with van der Waals surface area (Å²) in [6.07, 6.45) is 1.60. The number of nitrogens with one attached hydrogen (secondary N) is 1. The van der Waals surface area contributed by atoms with E-state index in [0.29, 0.717) is 0 Å². The third kappa shape index (κ3) is 5.44. The highest BCUT2D eigenvalue weighted by atomic mass is 35.5. The Kier molecular flexibility index (Phi) is 7.50. The molecule has 0 bridgehead atoms. The van der Waals surface area contributed by atoms with E-state index >= 15 is 0 Å². The summed E-state index contributed by atoms with van der Waals surface area (Å²) < 4.78 is 28.0. The Bertz CT molecular complexity index is 821. The van der Waals surface area contributed by atoms with E-state index in [0.717, 1.165) is 38.0 Å². The van der Waals surface area contributed by atoms with Gasteiger partial charge < -0.3 is 0 Å². The highest BCUT2D eigenvalue weighted by molar-refractivity contribution is 7.89. The summed E-state index contributed by atoms with van der Waals surface area (Å²) in [6, 6.07) is 15.3. The van der Waals surface area contributed by atoms with Crippen molar-refractivity contribution < 1.29 is 8.42 Å². The zero-order valence-electron chi connectivity index (χ0n) is 14.7. The van der Waals surface area contributed by atoms with Crippen LogP contribution >= 0.6 is 24.0 Å². The van der Waals surface area contributed by atoms with Gasteiger partial charge >= 0.3 is 0 Å². The monoisotopic (exact) mass is 414 g/mol. The lowest BCUT2D eigenvalue weighted by Gasteiger charge is -2.32. The molecule has 26 heavy (non-hydrogen) atoms. The van der Waals surface area contributed by atoms with Gasteiger partial charge in [-0.2, -0.15) is 0 Å². The minimum Gasteiger partial charge on any atom is -0.299 e. The number of halogens is 2. The fraction of sp³-hybridized carbons (Fsp3) is 0.368. The molecule has 0 spiro atoms. The SMILES string of the molecule is Cc1ccc(S(=O)(=O)NC2CCN(Cc3ccccc3)CC2)c(Cl)c1.Cl. The Hall–Kier alpha value is -1.11. The van der Waals surface area contributed by atoms with Crippen molar-refractivity contribution in [1.82, 2.24) is 9.62 Å². The fourth-order valence-electron chi connectivity index (χ4n) is 3.16. The third-order valence-corrected chi connectivity index (χ3v) is 6.54. The predicted molar refractivity (Wildman–Crippen MR) is 108 cm³/mol. The first-order valence-electron chi connectivity index (χ1n) is 8.49. The van der Waals surface area contributed by atoms with Crippen LogP contribution in [0.5, 0.6) is 0 Å². The molecule has 0 amide bonds. The maximum Gasteiger partial charge on any atom is 0.242 e. The van der Waals surface area contributed by atoms with Crippen molar-refractivity contribution in [3.63, 3.8) is 0 Å². The van der Waals surface area contributed by atoms with Crippen LogP contribution < -0.4 is 4.72 Å². The van der Waals surface area contributed by atoms with Gasteiger partial charge in [-0.1, -0.05) is 48.0 Å². The van der Waals surface area contributed by atoms with Crippen molar-refractivity contribution in [2.45, 2.75) is 37.2 Å². The normalized spacial score (nSPS) is 16.2. The molecular formula is C19H24Cl2N2O2S. The quantitative estimate of drug-likeness (QED) is 0.803. The van der Waals surface area contributed by atoms with E-state index in [1.54, 1.807) is 18.2 Å². The van der Waals surface area contributed by atoms with Crippen molar-refractivity contribution in [3.05, 3.63) is 64.7 Å². The van der Waals surface area contributed by atoms with Gasteiger partial charge in [0.25, 0.3) is 0 Å². The van der Waals surface area contributed by atoms with Crippen LogP contribution in [0.3, 0.4) is 0 Å². The molecule has 1 N–H and O–H groups in total. The summed E-state index contributed by atoms with van der Waals surface area (Å²) in [7, 11) is -3.58. The predicted octanol–water partition coefficient (Wildman–Crippen LogP) is 4.01. The first-order valence-corrected chi connectivity index (χ1v) is 10.3. The smallest absolute Gasteiger partial charge is 0.242 e. The molecule has 0 atom stereocenters. The topological polar surface area (TPSA) is 49.4 Å². The molecule has 2 aromatic carbocycles. The van der Waals surface area contributed by atoms with Crippen LogP contribution in [0, 0.1) is 6.92 Å². The molecule has 142 valence electrons. The van der Waals surface area contributed by atoms with Crippen LogP contribution in [-0.4, -0.2) is 32.4 Å². The largest absolute Gasteiger partial charge is 0.299 e. The maximum absolute atomic E-state index is 12.6. The van der Waals surface area contributed by atoms with E-state index < -0.39 is 10.0 Å². The standard InChI is InChI=1S/C19H23ClN2O2S.ClH/c1-15-7-8-19(18(20)13-15)25(23,24)21-17-9-11-22(12-10-17)14-16-5-3-2-4-6-16;/h2-8,13,17,21H,9-12,14H2,1H3;1H. The van der Waals surface area contributed by atoms with Gasteiger partial charge in [0, 0.05) is 25.7 Å². The van der Waals surface area contributed by atoms with Crippen LogP contribution in [0.15, 0.2) is 53.4 Å². The number of rotatable bonds is 5. The van der Waals surface area contributed by atoms with Crippen LogP contribution in [0.4, 0.5) is 0 Å². The van der Waals surface area contributed by atoms with Crippen molar-refractivity contribution in [3.8, 4) is 0 Å². The first kappa shape index (κ1) is 21.2. The Labute approximate surface area is 167 Å². The van der Waals surface area contributed by atoms with E-state index in [4.69, 9.17) is 11.6 Å². The van der Waals surface area contributed by atoms with Crippen LogP contribution in [0.2, 0.25) is 5.02 Å². The maximum atomic E-state index is 12.6. The van der Waals surface area contributed by atoms with Gasteiger partial charge in [-0.3, -0.25) is 4.90 Å². The molecule has 0 aliphatic carbocycles. The molecular weight excluding hydrogens is 391 g/mol. The third-order valence-electron chi connectivity index (χ3n) is 4.54. The van der Waals surface area contributed by atoms with Crippen molar-refractivity contribution in [2.75, 3.05) is 13.1 Å². The van der Waals surface area contributed by atoms with E-state index in [2.05, 4.69) is 21.8 Å². The molecule has 1 saturated heterocycles. The van der Waals surface area contributed by atoms with Gasteiger partial charge in [0.2, 0.25) is 10.0 Å². The van der Waals surface area contributed by atoms with Gasteiger partial charge in [-0.25, -0.2) is 13.1 Å². The van der Waals surface area contributed by atoms with Gasteiger partial charge in [0.15, 0.2) is 0 Å². The van der Waals surface area contributed by atoms with E-state index in [9.17, 15) is 8.42 Å². The number of piperidine rings is 1. The lowest BCUT2D eigenvalue weighted by Crippen LogP contribution is -2.44. The number of hydrogen-bond acceptors (Lipinski definition) is 3. The number of likely N-dealkylation sites (tertiary alicyclic amines) is 1. The number of benzene rings is 2. The number of aryl methyl sites for hydroxylation is 1. The van der Waals surface area contributed by atoms with Crippen molar-refractivity contribution in [1.29, 1.82) is 0 Å². The molecule has 0 radical (unpaired) electrons. The fourth-order valence-corrected chi connectivity index (χ4v) is 5.06. The lowest BCUT2D eigenvalue weighted by atomic mass is 10.1. The molecule has 3 rings (SSSR count). The molecule has 0 unspecified atom stereocenters. The van der Waals surface area contributed by atoms with Crippen molar-refractivity contribution in [2.24, 2.45) is 0 Å². The molecule has 2 aromatic rings. The number of nitrogens with zero attached hydrogens (tertiary/aromatic N) is 1. The molecule has 0 saturated carbocycles. The first-order chi connectivity index (χ1) is 11.9. The highest BCUT2D eigenvalue weighted by Crippen LogP contribution is 2.24. The molecule has 0 aromatic heterocycles. The highest BCUT2D eigenvalue weighted by Gasteiger charge is 2.26. The molecule has 1 aliphatic rings. The van der Waals surface area contributed by atoms with Gasteiger partial charge in [-0.05, 0) is 43.0 Å². The summed E-state index contributed by atoms with van der Waals surface area (Å²) >= 11 is 6.12. The summed E-state index contributed by atoms with van der Waals surface area (Å²) in [5, 5.41) is 0.272. The summed E-state index contributed by atoms with van der Waals surface area (Å²) in [5.74, 6) is 0. The average Bonchev–Trinajstić information content (AvgIpc) is 2.57. The van der Waals surface area contributed by atoms with E-state index in [-0.39, 0.29) is 28.4 Å². The second-order valence-electron chi connectivity index (χ2n) is 6.59. The van der Waals surface area contributed by atoms with Gasteiger partial charge in [0.1, 0.15) is 4.90 Å². The second kappa shape index (κ2) is 9.20. The molecule has 1 aliphatic heterocycles. The molecule has 4 nitrogen and oxygen atoms in total. The van der Waals surface area contributed by atoms with Crippen LogP contribution in [0.25, 0.3) is 0 Å². The summed E-state index contributed by atoms with van der Waals surface area (Å²) in [6.45, 7) is 4.55. The zero-order chi connectivity index (χ0) is 17.9. The average molecular weight is 415 g/mol. The summed E-state index contributed by atoms with van der Waals surface area (Å²) in [4.78, 5) is 2.52. The number of hydrogen-bond donors (Lipinski definition) is 1. The minimum atomic E-state index is -3.58. The summed E-state index contributed by atoms with van der Waals surface area (Å²) in [5.41, 5.74) is 2.23. The molecule has 1 heterocycles. The van der Waals surface area contributed by atoms with Crippen LogP contribution in [0.1, 0.15) is 24.0 Å². The zero-order valence-corrected chi connectivity index (χ0v) is 17.1. The Morgan fingerprint density at radius 2 is 1.77 bits per heavy atom. The van der Waals surface area contributed by atoms with Crippen LogP contribution in [-0.2, 0) is 16.6 Å². The molecule has 7 heteroatoms. The van der Waals surface area contributed by atoms with Gasteiger partial charge in [-0.15, -0.1) is 12.4 Å². The lowest BCUT2D eigenvalue weighted by molar-refractivity contribution is 0.200. The Morgan fingerprint density at radius 3 is 2.38 bits per heavy atom. The minimum absolute atomic E-state index is 0. The van der Waals surface area contributed by atoms with E-state index in [1.165, 1.54) is 5.56 Å². The van der Waals surface area contributed by atoms with E-state index in [1.807, 2.05) is 25.1 Å². The van der Waals surface area contributed by atoms with Gasteiger partial charge in [0.05, 0.1) is 5.02 Å². The number of sulfonamides is 1. The van der Waals surface area contributed by atoms with Crippen molar-refractivity contribution >= 4 is 34.0 Å².